The lowest BCUT2D eigenvalue weighted by Gasteiger charge is -2.30. The molecule has 0 bridgehead atoms. The minimum absolute atomic E-state index is 0.196. The van der Waals surface area contributed by atoms with Crippen LogP contribution in [0.25, 0.3) is 0 Å². The second-order valence-electron chi connectivity index (χ2n) is 17.2. The summed E-state index contributed by atoms with van der Waals surface area (Å²) >= 11 is 0. The van der Waals surface area contributed by atoms with Gasteiger partial charge in [0.05, 0.1) is 42.1 Å². The number of hydrogen-bond acceptors (Lipinski definition) is 18. The summed E-state index contributed by atoms with van der Waals surface area (Å²) < 4.78 is 0. The van der Waals surface area contributed by atoms with E-state index in [1.54, 1.807) is 13.8 Å². The summed E-state index contributed by atoms with van der Waals surface area (Å²) in [4.78, 5) is 137. The molecule has 0 aliphatic carbocycles. The number of nitrogens with zero attached hydrogens (tertiary/aromatic N) is 3. The molecular formula is C42H73N13O16. The molecule has 0 saturated heterocycles. The fourth-order valence-corrected chi connectivity index (χ4v) is 5.89. The van der Waals surface area contributed by atoms with Crippen molar-refractivity contribution in [1.82, 2.24) is 58.1 Å². The highest BCUT2D eigenvalue weighted by molar-refractivity contribution is 5.96. The van der Waals surface area contributed by atoms with Crippen LogP contribution >= 0.6 is 0 Å². The molecule has 3 atom stereocenters. The molecule has 8 amide bonds. The first-order valence-corrected chi connectivity index (χ1v) is 22.6. The van der Waals surface area contributed by atoms with Crippen LogP contribution in [0.4, 0.5) is 0 Å². The van der Waals surface area contributed by atoms with Crippen molar-refractivity contribution < 1.29 is 78.5 Å². The topological polar surface area (TPSA) is 437 Å². The normalized spacial score (nSPS) is 13.1. The van der Waals surface area contributed by atoms with Gasteiger partial charge in [-0.25, -0.2) is 0 Å². The van der Waals surface area contributed by atoms with Crippen LogP contribution in [0.2, 0.25) is 0 Å². The molecule has 0 spiro atoms. The molecule has 0 aliphatic heterocycles. The summed E-state index contributed by atoms with van der Waals surface area (Å²) in [6, 6.07) is -4.67. The van der Waals surface area contributed by atoms with Gasteiger partial charge < -0.3 is 78.9 Å². The minimum atomic E-state index is -1.64. The Morgan fingerprint density at radius 1 is 0.465 bits per heavy atom. The van der Waals surface area contributed by atoms with Crippen molar-refractivity contribution in [2.45, 2.75) is 122 Å². The molecule has 0 aromatic heterocycles. The average Bonchev–Trinajstić information content (AvgIpc) is 3.30. The summed E-state index contributed by atoms with van der Waals surface area (Å²) in [6.45, 7) is 11.7. The Kier molecular flexibility index (Phi) is 30.2. The molecule has 71 heavy (non-hydrogen) atoms. The number of amides is 8. The van der Waals surface area contributed by atoms with Crippen LogP contribution in [0, 0.1) is 0 Å². The second kappa shape index (κ2) is 33.5. The van der Waals surface area contributed by atoms with E-state index in [0.717, 1.165) is 0 Å². The predicted octanol–water partition coefficient (Wildman–Crippen LogP) is -4.24. The zero-order chi connectivity index (χ0) is 54.3. The molecule has 29 nitrogen and oxygen atoms in total. The summed E-state index contributed by atoms with van der Waals surface area (Å²) in [5, 5.41) is 77.4. The van der Waals surface area contributed by atoms with Crippen molar-refractivity contribution in [1.29, 1.82) is 0 Å². The van der Waals surface area contributed by atoms with Gasteiger partial charge in [0, 0.05) is 78.4 Å². The van der Waals surface area contributed by atoms with Gasteiger partial charge >= 0.3 is 17.9 Å². The van der Waals surface area contributed by atoms with Crippen molar-refractivity contribution in [2.75, 3.05) is 66.0 Å². The van der Waals surface area contributed by atoms with Crippen molar-refractivity contribution in [3.63, 3.8) is 0 Å². The van der Waals surface area contributed by atoms with Gasteiger partial charge in [-0.2, -0.15) is 0 Å². The number of aliphatic carboxylic acids is 3. The van der Waals surface area contributed by atoms with Gasteiger partial charge in [0.2, 0.25) is 47.3 Å². The van der Waals surface area contributed by atoms with E-state index in [2.05, 4.69) is 68.4 Å². The smallest absolute Gasteiger partial charge is 0.303 e. The fraction of sp³-hybridized carbons (Fsp3) is 0.690. The van der Waals surface area contributed by atoms with Crippen molar-refractivity contribution in [3.8, 4) is 0 Å². The summed E-state index contributed by atoms with van der Waals surface area (Å²) in [5.41, 5.74) is -0.157. The zero-order valence-electron chi connectivity index (χ0n) is 41.3. The van der Waals surface area contributed by atoms with E-state index in [0.29, 0.717) is 44.1 Å². The molecule has 0 heterocycles. The standard InChI is InChI=1S/C42H73N13O16/c1-25(53-70)41(3,4)48-17-20-55(21-18-49-42(5,6)26(2)54-71)19-16-44-30(56)11-12-31(57)45-22-32(58)46-23-33(59)47-24-34(60)50-28(9-14-36(63)64)39(68)52-29(10-15-37(65)66)40(69)51-27(38(67)43-7)8-13-35(61)62/h27-29,48-49,70-71H,8-24H2,1-7H3,(H,43,67)(H,44,56)(H,45,57)(H,46,58)(H,47,59)(H,50,60)(H,51,69)(H,52,68)(H,61,62)(H,63,64)(H,65,66)/b53-25-,54-26-. The Balaban J connectivity index is 5.12. The molecule has 0 rings (SSSR count). The second-order valence-corrected chi connectivity index (χ2v) is 17.2. The summed E-state index contributed by atoms with van der Waals surface area (Å²) in [5.74, 6) is -10.8. The maximum atomic E-state index is 13.2. The molecular weight excluding hydrogens is 943 g/mol. The highest BCUT2D eigenvalue weighted by atomic mass is 16.4. The predicted molar refractivity (Wildman–Crippen MR) is 252 cm³/mol. The molecule has 0 aliphatic rings. The molecule has 29 heteroatoms. The molecule has 402 valence electrons. The SMILES string of the molecule is CNC(=O)C(CCC(=O)O)NC(=O)C(CCC(=O)O)NC(=O)C(CCC(=O)O)NC(=O)CNC(=O)CNC(=O)CNC(=O)CCC(=O)NCCN(CCNC(C)(C)/C(C)=N\O)CCNC(C)(C)/C(C)=N\O. The van der Waals surface area contributed by atoms with Crippen LogP contribution in [0.1, 0.15) is 92.9 Å². The first-order chi connectivity index (χ1) is 33.2. The van der Waals surface area contributed by atoms with E-state index in [1.807, 2.05) is 27.7 Å². The minimum Gasteiger partial charge on any atom is -0.481 e. The van der Waals surface area contributed by atoms with E-state index in [1.165, 1.54) is 7.05 Å². The molecule has 0 saturated carbocycles. The average molecular weight is 1020 g/mol. The van der Waals surface area contributed by atoms with E-state index in [-0.39, 0.29) is 25.8 Å². The number of likely N-dealkylation sites (N-methyl/N-ethyl adjacent to an activating group) is 1. The van der Waals surface area contributed by atoms with E-state index in [4.69, 9.17) is 5.11 Å². The van der Waals surface area contributed by atoms with E-state index in [9.17, 15) is 73.4 Å². The van der Waals surface area contributed by atoms with E-state index < -0.39 is 146 Å². The number of rotatable bonds is 37. The molecule has 15 N–H and O–H groups in total. The third kappa shape index (κ3) is 28.9. The Labute approximate surface area is 410 Å². The summed E-state index contributed by atoms with van der Waals surface area (Å²) in [6.07, 6.45) is -3.73. The Bertz CT molecular complexity index is 1870. The Morgan fingerprint density at radius 3 is 1.18 bits per heavy atom. The van der Waals surface area contributed by atoms with Crippen LogP contribution in [-0.4, -0.2) is 202 Å². The number of oxime groups is 2. The lowest BCUT2D eigenvalue weighted by atomic mass is 9.99. The van der Waals surface area contributed by atoms with Gasteiger partial charge in [0.15, 0.2) is 0 Å². The van der Waals surface area contributed by atoms with Gasteiger partial charge in [-0.05, 0) is 60.8 Å². The van der Waals surface area contributed by atoms with Crippen molar-refractivity contribution in [3.05, 3.63) is 0 Å². The Morgan fingerprint density at radius 2 is 0.803 bits per heavy atom. The number of carboxylic acid groups (broad SMARTS) is 3. The number of carbonyl (C=O) groups is 11. The van der Waals surface area contributed by atoms with Crippen LogP contribution in [-0.2, 0) is 52.7 Å². The molecule has 0 fully saturated rings. The quantitative estimate of drug-likeness (QED) is 0.0159. The maximum Gasteiger partial charge on any atom is 0.303 e. The molecule has 0 aromatic carbocycles. The summed E-state index contributed by atoms with van der Waals surface area (Å²) in [7, 11) is 1.22. The van der Waals surface area contributed by atoms with E-state index >= 15 is 0 Å². The maximum absolute atomic E-state index is 13.2. The fourth-order valence-electron chi connectivity index (χ4n) is 5.89. The monoisotopic (exact) mass is 1020 g/mol. The van der Waals surface area contributed by atoms with Crippen molar-refractivity contribution in [2.24, 2.45) is 10.3 Å². The molecule has 0 radical (unpaired) electrons. The van der Waals surface area contributed by atoms with Crippen LogP contribution in [0.3, 0.4) is 0 Å². The lowest BCUT2D eigenvalue weighted by Crippen LogP contribution is -2.57. The van der Waals surface area contributed by atoms with Gasteiger partial charge in [-0.3, -0.25) is 57.6 Å². The van der Waals surface area contributed by atoms with Crippen LogP contribution < -0.4 is 53.2 Å². The van der Waals surface area contributed by atoms with Crippen LogP contribution in [0.5, 0.6) is 0 Å². The first-order valence-electron chi connectivity index (χ1n) is 22.6. The number of carboxylic acids is 3. The van der Waals surface area contributed by atoms with Crippen molar-refractivity contribution >= 4 is 76.6 Å². The number of hydrogen-bond donors (Lipinski definition) is 15. The Hall–Kier alpha value is -7.01. The number of nitrogens with one attached hydrogen (secondary N) is 10. The van der Waals surface area contributed by atoms with Gasteiger partial charge in [0.25, 0.3) is 0 Å². The van der Waals surface area contributed by atoms with Gasteiger partial charge in [-0.1, -0.05) is 10.3 Å². The number of carbonyl (C=O) groups excluding carboxylic acids is 8. The first kappa shape index (κ1) is 64.0. The van der Waals surface area contributed by atoms with Gasteiger partial charge in [0.1, 0.15) is 18.1 Å². The zero-order valence-corrected chi connectivity index (χ0v) is 41.3. The lowest BCUT2D eigenvalue weighted by molar-refractivity contribution is -0.140. The largest absolute Gasteiger partial charge is 0.481 e. The molecule has 3 unspecified atom stereocenters. The third-order valence-electron chi connectivity index (χ3n) is 10.9. The van der Waals surface area contributed by atoms with Gasteiger partial charge in [-0.15, -0.1) is 0 Å². The molecule has 0 aromatic rings. The third-order valence-corrected chi connectivity index (χ3v) is 10.9. The highest BCUT2D eigenvalue weighted by Gasteiger charge is 2.31. The highest BCUT2D eigenvalue weighted by Crippen LogP contribution is 2.08. The van der Waals surface area contributed by atoms with Crippen LogP contribution in [0.15, 0.2) is 10.3 Å².